The molecule has 0 aliphatic rings. The lowest BCUT2D eigenvalue weighted by molar-refractivity contribution is 0.786. The average molecular weight is 281 g/mol. The summed E-state index contributed by atoms with van der Waals surface area (Å²) in [5.74, 6) is 0. The number of unbranched alkanes of at least 4 members (excludes halogenated alkanes) is 2. The Hall–Kier alpha value is -0.235. The molecule has 0 bridgehead atoms. The number of aryl methyl sites for hydroxylation is 2. The van der Waals surface area contributed by atoms with Gasteiger partial charge in [-0.3, -0.25) is 0 Å². The smallest absolute Gasteiger partial charge is 0.0855 e. The topological polar surface area (TPSA) is 0 Å². The first-order chi connectivity index (χ1) is 7.69. The van der Waals surface area contributed by atoms with E-state index in [4.69, 9.17) is 0 Å². The van der Waals surface area contributed by atoms with E-state index in [0.717, 1.165) is 0 Å². The first-order valence-electron chi connectivity index (χ1n) is 6.47. The summed E-state index contributed by atoms with van der Waals surface area (Å²) in [7, 11) is 2.24. The van der Waals surface area contributed by atoms with Crippen LogP contribution in [0.15, 0.2) is 16.6 Å². The predicted molar refractivity (Wildman–Crippen MR) is 79.5 cm³/mol. The van der Waals surface area contributed by atoms with Gasteiger partial charge in [0.15, 0.2) is 0 Å². The van der Waals surface area contributed by atoms with Gasteiger partial charge in [-0.25, -0.2) is 0 Å². The zero-order chi connectivity index (χ0) is 12.0. The Morgan fingerprint density at radius 1 is 1.00 bits per heavy atom. The summed E-state index contributed by atoms with van der Waals surface area (Å²) in [6.45, 7) is 4.50. The second kappa shape index (κ2) is 7.16. The molecule has 0 amide bonds. The van der Waals surface area contributed by atoms with Crippen LogP contribution in [0.2, 0.25) is 0 Å². The quantitative estimate of drug-likeness (QED) is 0.701. The standard InChI is InChI=1S/C14H22BBr/c1-3-5-7-11-10-14(16)12(8-6-4-2)9-13(11)15/h9-10H,3-8,15H2,1-2H3. The van der Waals surface area contributed by atoms with Crippen molar-refractivity contribution in [3.63, 3.8) is 0 Å². The molecule has 1 aromatic rings. The molecule has 88 valence electrons. The number of rotatable bonds is 6. The molecule has 0 aliphatic carbocycles. The van der Waals surface area contributed by atoms with Crippen LogP contribution in [0.4, 0.5) is 0 Å². The molecule has 0 saturated carbocycles. The largest absolute Gasteiger partial charge is 0.139 e. The SMILES string of the molecule is Bc1cc(CCCC)c(Br)cc1CCCC. The Morgan fingerprint density at radius 2 is 1.56 bits per heavy atom. The molecule has 1 aromatic carbocycles. The highest BCUT2D eigenvalue weighted by Crippen LogP contribution is 2.20. The van der Waals surface area contributed by atoms with Gasteiger partial charge in [-0.2, -0.15) is 0 Å². The van der Waals surface area contributed by atoms with Gasteiger partial charge in [0.05, 0.1) is 0 Å². The fourth-order valence-electron chi connectivity index (χ4n) is 1.98. The van der Waals surface area contributed by atoms with E-state index < -0.39 is 0 Å². The molecule has 2 heteroatoms. The molecule has 0 spiro atoms. The molecule has 1 rings (SSSR count). The molecule has 0 heterocycles. The Labute approximate surface area is 109 Å². The summed E-state index contributed by atoms with van der Waals surface area (Å²) in [5.41, 5.74) is 4.44. The van der Waals surface area contributed by atoms with E-state index >= 15 is 0 Å². The summed E-state index contributed by atoms with van der Waals surface area (Å²) in [4.78, 5) is 0. The van der Waals surface area contributed by atoms with E-state index in [-0.39, 0.29) is 0 Å². The lowest BCUT2D eigenvalue weighted by atomic mass is 9.86. The van der Waals surface area contributed by atoms with Crippen LogP contribution >= 0.6 is 15.9 Å². The van der Waals surface area contributed by atoms with Crippen LogP contribution in [0, 0.1) is 0 Å². The van der Waals surface area contributed by atoms with Crippen molar-refractivity contribution in [1.29, 1.82) is 0 Å². The van der Waals surface area contributed by atoms with Gasteiger partial charge in [0.2, 0.25) is 0 Å². The van der Waals surface area contributed by atoms with E-state index in [1.807, 2.05) is 0 Å². The molecule has 0 fully saturated rings. The average Bonchev–Trinajstić information content (AvgIpc) is 2.28. The van der Waals surface area contributed by atoms with Crippen LogP contribution in [0.25, 0.3) is 0 Å². The second-order valence-electron chi connectivity index (χ2n) is 4.58. The molecule has 0 N–H and O–H groups in total. The zero-order valence-corrected chi connectivity index (χ0v) is 12.4. The minimum Gasteiger partial charge on any atom is -0.0855 e. The van der Waals surface area contributed by atoms with Gasteiger partial charge in [0.25, 0.3) is 0 Å². The van der Waals surface area contributed by atoms with Crippen molar-refractivity contribution in [2.75, 3.05) is 0 Å². The van der Waals surface area contributed by atoms with Gasteiger partial charge in [0, 0.05) is 4.47 Å². The van der Waals surface area contributed by atoms with Crippen molar-refractivity contribution in [2.24, 2.45) is 0 Å². The Balaban J connectivity index is 2.79. The molecular weight excluding hydrogens is 259 g/mol. The van der Waals surface area contributed by atoms with E-state index in [1.165, 1.54) is 59.6 Å². The molecular formula is C14H22BBr. The summed E-state index contributed by atoms with van der Waals surface area (Å²) in [6, 6.07) is 4.70. The van der Waals surface area contributed by atoms with Crippen molar-refractivity contribution >= 4 is 29.2 Å². The molecule has 0 aromatic heterocycles. The monoisotopic (exact) mass is 280 g/mol. The van der Waals surface area contributed by atoms with Gasteiger partial charge < -0.3 is 0 Å². The molecule has 0 saturated heterocycles. The van der Waals surface area contributed by atoms with Crippen molar-refractivity contribution in [2.45, 2.75) is 52.4 Å². The summed E-state index contributed by atoms with van der Waals surface area (Å²) in [5, 5.41) is 0. The Morgan fingerprint density at radius 3 is 2.12 bits per heavy atom. The van der Waals surface area contributed by atoms with Crippen molar-refractivity contribution in [3.05, 3.63) is 27.7 Å². The maximum atomic E-state index is 3.70. The van der Waals surface area contributed by atoms with Crippen molar-refractivity contribution in [1.82, 2.24) is 0 Å². The number of hydrogen-bond donors (Lipinski definition) is 0. The highest BCUT2D eigenvalue weighted by atomic mass is 79.9. The fourth-order valence-corrected chi connectivity index (χ4v) is 2.57. The fraction of sp³-hybridized carbons (Fsp3) is 0.571. The summed E-state index contributed by atoms with van der Waals surface area (Å²) >= 11 is 3.70. The minimum atomic E-state index is 1.20. The summed E-state index contributed by atoms with van der Waals surface area (Å²) < 4.78 is 1.30. The predicted octanol–water partition coefficient (Wildman–Crippen LogP) is 3.39. The van der Waals surface area contributed by atoms with Crippen LogP contribution in [0.1, 0.15) is 50.7 Å². The first-order valence-corrected chi connectivity index (χ1v) is 7.26. The highest BCUT2D eigenvalue weighted by molar-refractivity contribution is 9.10. The van der Waals surface area contributed by atoms with Crippen LogP contribution in [0.5, 0.6) is 0 Å². The first kappa shape index (κ1) is 13.8. The number of hydrogen-bond acceptors (Lipinski definition) is 0. The van der Waals surface area contributed by atoms with Crippen LogP contribution < -0.4 is 5.46 Å². The van der Waals surface area contributed by atoms with Gasteiger partial charge in [0.1, 0.15) is 7.85 Å². The number of benzene rings is 1. The lowest BCUT2D eigenvalue weighted by Gasteiger charge is -2.11. The van der Waals surface area contributed by atoms with Gasteiger partial charge in [-0.1, -0.05) is 59.7 Å². The van der Waals surface area contributed by atoms with E-state index in [2.05, 4.69) is 49.8 Å². The van der Waals surface area contributed by atoms with Crippen molar-refractivity contribution < 1.29 is 0 Å². The highest BCUT2D eigenvalue weighted by Gasteiger charge is 2.05. The molecule has 0 atom stereocenters. The Kier molecular flexibility index (Phi) is 6.19. The van der Waals surface area contributed by atoms with Gasteiger partial charge in [-0.15, -0.1) is 0 Å². The van der Waals surface area contributed by atoms with Crippen LogP contribution in [-0.2, 0) is 12.8 Å². The van der Waals surface area contributed by atoms with Crippen LogP contribution in [-0.4, -0.2) is 7.85 Å². The molecule has 0 radical (unpaired) electrons. The third-order valence-corrected chi connectivity index (χ3v) is 3.84. The van der Waals surface area contributed by atoms with Crippen molar-refractivity contribution in [3.8, 4) is 0 Å². The minimum absolute atomic E-state index is 1.20. The molecule has 0 unspecified atom stereocenters. The van der Waals surface area contributed by atoms with Gasteiger partial charge in [-0.05, 0) is 37.3 Å². The zero-order valence-electron chi connectivity index (χ0n) is 10.8. The van der Waals surface area contributed by atoms with Crippen LogP contribution in [0.3, 0.4) is 0 Å². The molecule has 0 aliphatic heterocycles. The normalized spacial score (nSPS) is 10.7. The number of halogens is 1. The van der Waals surface area contributed by atoms with E-state index in [0.29, 0.717) is 0 Å². The van der Waals surface area contributed by atoms with Gasteiger partial charge >= 0.3 is 0 Å². The third-order valence-electron chi connectivity index (χ3n) is 3.10. The second-order valence-corrected chi connectivity index (χ2v) is 5.43. The lowest BCUT2D eigenvalue weighted by Crippen LogP contribution is -2.12. The third kappa shape index (κ3) is 3.97. The van der Waals surface area contributed by atoms with E-state index in [1.54, 1.807) is 0 Å². The summed E-state index contributed by atoms with van der Waals surface area (Å²) in [6.07, 6.45) is 7.53. The maximum Gasteiger partial charge on any atom is 0.139 e. The Bertz CT molecular complexity index is 300. The molecule has 16 heavy (non-hydrogen) atoms. The maximum absolute atomic E-state index is 3.70. The molecule has 0 nitrogen and oxygen atoms in total. The van der Waals surface area contributed by atoms with E-state index in [9.17, 15) is 0 Å².